The molecule has 3 aromatic rings. The smallest absolute Gasteiger partial charge is 0.245 e. The number of pyridine rings is 1. The van der Waals surface area contributed by atoms with Gasteiger partial charge in [-0.05, 0) is 42.7 Å². The number of hydrazine groups is 1. The topological polar surface area (TPSA) is 103 Å². The number of benzene rings is 1. The summed E-state index contributed by atoms with van der Waals surface area (Å²) in [6.07, 6.45) is 5.65. The summed E-state index contributed by atoms with van der Waals surface area (Å²) in [4.78, 5) is 14.5. The fraction of sp³-hybridized carbons (Fsp3) is 0.360. The van der Waals surface area contributed by atoms with Gasteiger partial charge >= 0.3 is 0 Å². The SMILES string of the molecule is CC1CCNN(c2cccc(Nc3ccc(/C=N/Nc4ncc(F)c(N5CCOCC5)n4)nc3)c2)C1. The Hall–Kier alpha value is -3.83. The van der Waals surface area contributed by atoms with Gasteiger partial charge in [-0.25, -0.2) is 20.2 Å². The van der Waals surface area contributed by atoms with Gasteiger partial charge < -0.3 is 20.0 Å². The number of morpholine rings is 1. The molecule has 2 aliphatic rings. The number of hydrogen-bond donors (Lipinski definition) is 3. The molecule has 0 saturated carbocycles. The lowest BCUT2D eigenvalue weighted by molar-refractivity contribution is 0.122. The minimum Gasteiger partial charge on any atom is -0.378 e. The van der Waals surface area contributed by atoms with Crippen LogP contribution in [0.1, 0.15) is 19.0 Å². The lowest BCUT2D eigenvalue weighted by atomic mass is 10.1. The zero-order chi connectivity index (χ0) is 24.7. The first-order chi connectivity index (χ1) is 17.6. The summed E-state index contributed by atoms with van der Waals surface area (Å²) < 4.78 is 19.5. The molecule has 10 nitrogen and oxygen atoms in total. The van der Waals surface area contributed by atoms with Gasteiger partial charge in [0.05, 0.1) is 48.9 Å². The fourth-order valence-electron chi connectivity index (χ4n) is 4.15. The average molecular weight is 492 g/mol. The van der Waals surface area contributed by atoms with Gasteiger partial charge in [-0.3, -0.25) is 4.98 Å². The van der Waals surface area contributed by atoms with Gasteiger partial charge in [-0.15, -0.1) is 0 Å². The number of hydrazone groups is 1. The summed E-state index contributed by atoms with van der Waals surface area (Å²) in [5, 5.41) is 9.76. The normalized spacial score (nSPS) is 18.4. The van der Waals surface area contributed by atoms with Crippen LogP contribution in [0.25, 0.3) is 0 Å². The predicted octanol–water partition coefficient (Wildman–Crippen LogP) is 3.39. The largest absolute Gasteiger partial charge is 0.378 e. The average Bonchev–Trinajstić information content (AvgIpc) is 2.91. The van der Waals surface area contributed by atoms with E-state index in [1.165, 1.54) is 6.42 Å². The molecule has 1 aromatic carbocycles. The summed E-state index contributed by atoms with van der Waals surface area (Å²) in [7, 11) is 0. The molecule has 2 aromatic heterocycles. The van der Waals surface area contributed by atoms with Crippen LogP contribution in [0.2, 0.25) is 0 Å². The maximum absolute atomic E-state index is 14.2. The molecule has 0 amide bonds. The molecule has 36 heavy (non-hydrogen) atoms. The monoisotopic (exact) mass is 491 g/mol. The molecule has 0 aliphatic carbocycles. The van der Waals surface area contributed by atoms with Crippen LogP contribution in [-0.2, 0) is 4.74 Å². The van der Waals surface area contributed by atoms with Crippen molar-refractivity contribution >= 4 is 35.0 Å². The van der Waals surface area contributed by atoms with Gasteiger partial charge in [0.25, 0.3) is 0 Å². The number of nitrogens with one attached hydrogen (secondary N) is 3. The number of halogens is 1. The second-order valence-electron chi connectivity index (χ2n) is 8.89. The molecule has 1 unspecified atom stereocenters. The molecule has 188 valence electrons. The summed E-state index contributed by atoms with van der Waals surface area (Å²) >= 11 is 0. The molecule has 11 heteroatoms. The Kier molecular flexibility index (Phi) is 7.48. The van der Waals surface area contributed by atoms with Gasteiger partial charge in [-0.2, -0.15) is 10.1 Å². The molecule has 0 spiro atoms. The van der Waals surface area contributed by atoms with Gasteiger partial charge in [0.2, 0.25) is 5.95 Å². The van der Waals surface area contributed by atoms with Crippen LogP contribution >= 0.6 is 0 Å². The van der Waals surface area contributed by atoms with Crippen molar-refractivity contribution in [2.24, 2.45) is 11.0 Å². The van der Waals surface area contributed by atoms with E-state index in [4.69, 9.17) is 4.74 Å². The van der Waals surface area contributed by atoms with Crippen molar-refractivity contribution in [3.8, 4) is 0 Å². The quantitative estimate of drug-likeness (QED) is 0.339. The highest BCUT2D eigenvalue weighted by Gasteiger charge is 2.18. The Balaban J connectivity index is 1.18. The molecule has 4 heterocycles. The van der Waals surface area contributed by atoms with E-state index in [1.807, 2.05) is 29.2 Å². The maximum Gasteiger partial charge on any atom is 0.245 e. The summed E-state index contributed by atoms with van der Waals surface area (Å²) in [6, 6.07) is 12.1. The van der Waals surface area contributed by atoms with Crippen LogP contribution in [-0.4, -0.2) is 60.6 Å². The van der Waals surface area contributed by atoms with Crippen molar-refractivity contribution in [2.75, 3.05) is 60.0 Å². The van der Waals surface area contributed by atoms with Crippen molar-refractivity contribution in [1.82, 2.24) is 20.4 Å². The van der Waals surface area contributed by atoms with E-state index in [1.54, 1.807) is 12.4 Å². The van der Waals surface area contributed by atoms with E-state index in [2.05, 4.69) is 60.3 Å². The predicted molar refractivity (Wildman–Crippen MR) is 139 cm³/mol. The third-order valence-corrected chi connectivity index (χ3v) is 6.06. The fourth-order valence-corrected chi connectivity index (χ4v) is 4.15. The Labute approximate surface area is 209 Å². The lowest BCUT2D eigenvalue weighted by Crippen LogP contribution is -2.46. The minimum atomic E-state index is -0.469. The molecular weight excluding hydrogens is 461 g/mol. The van der Waals surface area contributed by atoms with Gasteiger partial charge in [-0.1, -0.05) is 13.0 Å². The number of hydrogen-bond acceptors (Lipinski definition) is 10. The third kappa shape index (κ3) is 6.04. The molecule has 2 aliphatic heterocycles. The maximum atomic E-state index is 14.2. The van der Waals surface area contributed by atoms with Crippen molar-refractivity contribution < 1.29 is 9.13 Å². The van der Waals surface area contributed by atoms with Crippen molar-refractivity contribution in [3.05, 3.63) is 60.3 Å². The first-order valence-corrected chi connectivity index (χ1v) is 12.1. The summed E-state index contributed by atoms with van der Waals surface area (Å²) in [6.45, 7) is 6.51. The van der Waals surface area contributed by atoms with Crippen LogP contribution in [0.15, 0.2) is 53.9 Å². The van der Waals surface area contributed by atoms with Gasteiger partial charge in [0.1, 0.15) is 0 Å². The second-order valence-corrected chi connectivity index (χ2v) is 8.89. The van der Waals surface area contributed by atoms with E-state index < -0.39 is 5.82 Å². The number of aromatic nitrogens is 3. The van der Waals surface area contributed by atoms with E-state index in [0.717, 1.165) is 36.3 Å². The van der Waals surface area contributed by atoms with Gasteiger partial charge in [0.15, 0.2) is 11.6 Å². The summed E-state index contributed by atoms with van der Waals surface area (Å²) in [5.41, 5.74) is 9.85. The first kappa shape index (κ1) is 23.9. The highest BCUT2D eigenvalue weighted by molar-refractivity contribution is 5.78. The number of ether oxygens (including phenoxy) is 1. The highest BCUT2D eigenvalue weighted by Crippen LogP contribution is 2.24. The van der Waals surface area contributed by atoms with E-state index >= 15 is 0 Å². The van der Waals surface area contributed by atoms with Gasteiger partial charge in [0, 0.05) is 31.9 Å². The molecule has 2 saturated heterocycles. The molecule has 0 bridgehead atoms. The Morgan fingerprint density at radius 3 is 2.83 bits per heavy atom. The molecule has 1 atom stereocenters. The lowest BCUT2D eigenvalue weighted by Gasteiger charge is -2.33. The van der Waals surface area contributed by atoms with Crippen molar-refractivity contribution in [1.29, 1.82) is 0 Å². The third-order valence-electron chi connectivity index (χ3n) is 6.06. The zero-order valence-electron chi connectivity index (χ0n) is 20.2. The number of nitrogens with zero attached hydrogens (tertiary/aromatic N) is 6. The standard InChI is InChI=1S/C25H30FN9O/c1-18-7-8-30-35(17-18)22-4-2-3-19(13-22)31-21-6-5-20(27-14-21)15-29-33-25-28-16-23(26)24(32-25)34-9-11-36-12-10-34/h2-6,13-16,18,30-31H,7-12,17H2,1H3,(H,28,32,33)/b29-15+. The molecule has 2 fully saturated rings. The van der Waals surface area contributed by atoms with E-state index in [0.29, 0.717) is 37.9 Å². The van der Waals surface area contributed by atoms with Crippen LogP contribution in [0.4, 0.5) is 33.2 Å². The minimum absolute atomic E-state index is 0.213. The van der Waals surface area contributed by atoms with Crippen LogP contribution in [0.3, 0.4) is 0 Å². The Bertz CT molecular complexity index is 1180. The molecular formula is C25H30FN9O. The molecule has 3 N–H and O–H groups in total. The number of anilines is 5. The first-order valence-electron chi connectivity index (χ1n) is 12.1. The number of rotatable bonds is 7. The second kappa shape index (κ2) is 11.3. The van der Waals surface area contributed by atoms with Crippen LogP contribution in [0, 0.1) is 11.7 Å². The van der Waals surface area contributed by atoms with Crippen LogP contribution < -0.4 is 26.1 Å². The van der Waals surface area contributed by atoms with Crippen molar-refractivity contribution in [3.63, 3.8) is 0 Å². The zero-order valence-corrected chi connectivity index (χ0v) is 20.2. The van der Waals surface area contributed by atoms with E-state index in [-0.39, 0.29) is 11.8 Å². The Morgan fingerprint density at radius 2 is 2.03 bits per heavy atom. The molecule has 0 radical (unpaired) electrons. The van der Waals surface area contributed by atoms with E-state index in [9.17, 15) is 4.39 Å². The van der Waals surface area contributed by atoms with Crippen LogP contribution in [0.5, 0.6) is 0 Å². The van der Waals surface area contributed by atoms with Crippen molar-refractivity contribution in [2.45, 2.75) is 13.3 Å². The molecule has 5 rings (SSSR count). The Morgan fingerprint density at radius 1 is 1.14 bits per heavy atom. The highest BCUT2D eigenvalue weighted by atomic mass is 19.1. The summed E-state index contributed by atoms with van der Waals surface area (Å²) in [5.74, 6) is 0.653.